The van der Waals surface area contributed by atoms with E-state index >= 15 is 0 Å². The van der Waals surface area contributed by atoms with Crippen molar-refractivity contribution in [3.8, 4) is 0 Å². The second-order valence-electron chi connectivity index (χ2n) is 7.48. The molecule has 2 amide bonds. The molecule has 0 aromatic carbocycles. The summed E-state index contributed by atoms with van der Waals surface area (Å²) in [5.74, 6) is 0.455. The van der Waals surface area contributed by atoms with Crippen molar-refractivity contribution in [1.82, 2.24) is 10.2 Å². The molecule has 0 aromatic heterocycles. The van der Waals surface area contributed by atoms with Crippen LogP contribution >= 0.6 is 0 Å². The molecule has 1 heterocycles. The quantitative estimate of drug-likeness (QED) is 0.870. The number of carbonyl (C=O) groups excluding carboxylic acids is 2. The van der Waals surface area contributed by atoms with Gasteiger partial charge in [-0.25, -0.2) is 0 Å². The van der Waals surface area contributed by atoms with E-state index in [1.54, 1.807) is 4.90 Å². The standard InChI is InChI=1S/C17H30N2O3/c1-11(2)16(21)19-14(15(20)18-12(3)4)10-22-17(19)8-6-13(5)7-9-17/h11-14H,6-10H2,1-5H3,(H,18,20). The van der Waals surface area contributed by atoms with Crippen LogP contribution in [0.15, 0.2) is 0 Å². The maximum absolute atomic E-state index is 12.8. The molecule has 1 aliphatic carbocycles. The molecule has 1 spiro atoms. The second-order valence-corrected chi connectivity index (χ2v) is 7.48. The molecule has 0 aromatic rings. The number of nitrogens with zero attached hydrogens (tertiary/aromatic N) is 1. The highest BCUT2D eigenvalue weighted by molar-refractivity contribution is 5.89. The van der Waals surface area contributed by atoms with Gasteiger partial charge in [-0.15, -0.1) is 0 Å². The van der Waals surface area contributed by atoms with Crippen molar-refractivity contribution in [1.29, 1.82) is 0 Å². The first-order chi connectivity index (χ1) is 10.3. The van der Waals surface area contributed by atoms with Crippen molar-refractivity contribution in [2.75, 3.05) is 6.61 Å². The summed E-state index contributed by atoms with van der Waals surface area (Å²) in [6, 6.07) is -0.433. The Morgan fingerprint density at radius 3 is 2.27 bits per heavy atom. The summed E-state index contributed by atoms with van der Waals surface area (Å²) in [6.07, 6.45) is 3.75. The van der Waals surface area contributed by atoms with E-state index in [1.165, 1.54) is 0 Å². The van der Waals surface area contributed by atoms with Gasteiger partial charge in [0.1, 0.15) is 11.8 Å². The fourth-order valence-electron chi connectivity index (χ4n) is 3.47. The van der Waals surface area contributed by atoms with Gasteiger partial charge >= 0.3 is 0 Å². The molecule has 5 nitrogen and oxygen atoms in total. The highest BCUT2D eigenvalue weighted by Gasteiger charge is 2.53. The van der Waals surface area contributed by atoms with Gasteiger partial charge < -0.3 is 10.1 Å². The summed E-state index contributed by atoms with van der Waals surface area (Å²) < 4.78 is 6.07. The highest BCUT2D eigenvalue weighted by atomic mass is 16.5. The highest BCUT2D eigenvalue weighted by Crippen LogP contribution is 2.42. The Labute approximate surface area is 133 Å². The van der Waals surface area contributed by atoms with Crippen LogP contribution < -0.4 is 5.32 Å². The van der Waals surface area contributed by atoms with E-state index in [9.17, 15) is 9.59 Å². The number of hydrogen-bond acceptors (Lipinski definition) is 3. The molecule has 1 unspecified atom stereocenters. The number of hydrogen-bond donors (Lipinski definition) is 1. The third-order valence-corrected chi connectivity index (χ3v) is 4.78. The summed E-state index contributed by atoms with van der Waals surface area (Å²) >= 11 is 0. The monoisotopic (exact) mass is 310 g/mol. The molecule has 5 heteroatoms. The molecule has 0 radical (unpaired) electrons. The Hall–Kier alpha value is -1.10. The van der Waals surface area contributed by atoms with E-state index in [2.05, 4.69) is 12.2 Å². The Balaban J connectivity index is 2.25. The van der Waals surface area contributed by atoms with E-state index in [1.807, 2.05) is 27.7 Å². The summed E-state index contributed by atoms with van der Waals surface area (Å²) in [4.78, 5) is 27.0. The summed E-state index contributed by atoms with van der Waals surface area (Å²) in [6.45, 7) is 10.2. The van der Waals surface area contributed by atoms with Gasteiger partial charge in [0.05, 0.1) is 6.61 Å². The van der Waals surface area contributed by atoms with Crippen LogP contribution in [0.3, 0.4) is 0 Å². The van der Waals surface area contributed by atoms with Crippen LogP contribution in [0.1, 0.15) is 60.3 Å². The van der Waals surface area contributed by atoms with Gasteiger partial charge in [0.15, 0.2) is 0 Å². The number of nitrogens with one attached hydrogen (secondary N) is 1. The van der Waals surface area contributed by atoms with Crippen LogP contribution in [0.4, 0.5) is 0 Å². The lowest BCUT2D eigenvalue weighted by molar-refractivity contribution is -0.164. The molecule has 2 aliphatic rings. The first kappa shape index (κ1) is 17.3. The van der Waals surface area contributed by atoms with Gasteiger partial charge in [-0.1, -0.05) is 20.8 Å². The Morgan fingerprint density at radius 1 is 1.18 bits per heavy atom. The van der Waals surface area contributed by atoms with E-state index in [4.69, 9.17) is 4.74 Å². The van der Waals surface area contributed by atoms with Crippen LogP contribution in [0.2, 0.25) is 0 Å². The molecule has 1 aliphatic heterocycles. The topological polar surface area (TPSA) is 58.6 Å². The molecular weight excluding hydrogens is 280 g/mol. The van der Waals surface area contributed by atoms with Crippen molar-refractivity contribution in [2.45, 2.75) is 78.1 Å². The lowest BCUT2D eigenvalue weighted by Crippen LogP contribution is -2.58. The van der Waals surface area contributed by atoms with Gasteiger partial charge in [0.25, 0.3) is 0 Å². The fourth-order valence-corrected chi connectivity index (χ4v) is 3.47. The van der Waals surface area contributed by atoms with Crippen LogP contribution in [0.25, 0.3) is 0 Å². The molecule has 1 N–H and O–H groups in total. The summed E-state index contributed by atoms with van der Waals surface area (Å²) in [5, 5.41) is 2.93. The van der Waals surface area contributed by atoms with Gasteiger partial charge in [0, 0.05) is 12.0 Å². The largest absolute Gasteiger partial charge is 0.353 e. The van der Waals surface area contributed by atoms with Crippen molar-refractivity contribution < 1.29 is 14.3 Å². The fraction of sp³-hybridized carbons (Fsp3) is 0.882. The van der Waals surface area contributed by atoms with E-state index in [0.717, 1.165) is 25.7 Å². The normalized spacial score (nSPS) is 32.0. The zero-order valence-corrected chi connectivity index (χ0v) is 14.5. The number of rotatable bonds is 3. The van der Waals surface area contributed by atoms with Crippen molar-refractivity contribution in [2.24, 2.45) is 11.8 Å². The predicted molar refractivity (Wildman–Crippen MR) is 85.1 cm³/mol. The lowest BCUT2D eigenvalue weighted by Gasteiger charge is -2.43. The molecule has 1 saturated carbocycles. The first-order valence-electron chi connectivity index (χ1n) is 8.54. The third kappa shape index (κ3) is 3.29. The van der Waals surface area contributed by atoms with Crippen LogP contribution in [-0.4, -0.2) is 41.1 Å². The number of carbonyl (C=O) groups is 2. The van der Waals surface area contributed by atoms with Crippen LogP contribution in [0.5, 0.6) is 0 Å². The summed E-state index contributed by atoms with van der Waals surface area (Å²) in [7, 11) is 0. The number of ether oxygens (including phenoxy) is 1. The molecule has 22 heavy (non-hydrogen) atoms. The Morgan fingerprint density at radius 2 is 1.77 bits per heavy atom. The minimum Gasteiger partial charge on any atom is -0.353 e. The molecule has 1 atom stereocenters. The van der Waals surface area contributed by atoms with E-state index in [-0.39, 0.29) is 23.8 Å². The van der Waals surface area contributed by atoms with Gasteiger partial charge in [-0.2, -0.15) is 0 Å². The minimum absolute atomic E-state index is 0.0240. The molecule has 126 valence electrons. The second kappa shape index (κ2) is 6.57. The maximum Gasteiger partial charge on any atom is 0.245 e. The van der Waals surface area contributed by atoms with Gasteiger partial charge in [-0.3, -0.25) is 14.5 Å². The SMILES string of the molecule is CC1CCC2(CC1)OCC(C(=O)NC(C)C)N2C(=O)C(C)C. The Kier molecular flexibility index (Phi) is 5.15. The Bertz CT molecular complexity index is 426. The van der Waals surface area contributed by atoms with Crippen LogP contribution in [-0.2, 0) is 14.3 Å². The molecule has 1 saturated heterocycles. The third-order valence-electron chi connectivity index (χ3n) is 4.78. The lowest BCUT2D eigenvalue weighted by atomic mass is 9.83. The molecular formula is C17H30N2O3. The maximum atomic E-state index is 12.8. The van der Waals surface area contributed by atoms with Crippen molar-refractivity contribution >= 4 is 11.8 Å². The van der Waals surface area contributed by atoms with Gasteiger partial charge in [0.2, 0.25) is 11.8 Å². The van der Waals surface area contributed by atoms with Crippen molar-refractivity contribution in [3.05, 3.63) is 0 Å². The van der Waals surface area contributed by atoms with Crippen molar-refractivity contribution in [3.63, 3.8) is 0 Å². The van der Waals surface area contributed by atoms with E-state index < -0.39 is 11.8 Å². The van der Waals surface area contributed by atoms with E-state index in [0.29, 0.717) is 12.5 Å². The van der Waals surface area contributed by atoms with Gasteiger partial charge in [-0.05, 0) is 45.4 Å². The molecule has 0 bridgehead atoms. The predicted octanol–water partition coefficient (Wildman–Crippen LogP) is 2.30. The summed E-state index contributed by atoms with van der Waals surface area (Å²) in [5.41, 5.74) is -0.563. The smallest absolute Gasteiger partial charge is 0.245 e. The average molecular weight is 310 g/mol. The molecule has 2 rings (SSSR count). The molecule has 2 fully saturated rings. The van der Waals surface area contributed by atoms with Crippen LogP contribution in [0, 0.1) is 11.8 Å². The number of amides is 2. The minimum atomic E-state index is -0.563. The first-order valence-corrected chi connectivity index (χ1v) is 8.54. The average Bonchev–Trinajstić information content (AvgIpc) is 2.80. The zero-order chi connectivity index (χ0) is 16.5. The zero-order valence-electron chi connectivity index (χ0n) is 14.5.